The molecule has 0 spiro atoms. The molecule has 0 aliphatic rings. The van der Waals surface area contributed by atoms with Crippen LogP contribution in [0.2, 0.25) is 0 Å². The summed E-state index contributed by atoms with van der Waals surface area (Å²) >= 11 is 0. The zero-order valence-electron chi connectivity index (χ0n) is 15.5. The summed E-state index contributed by atoms with van der Waals surface area (Å²) in [5.74, 6) is 0.333. The van der Waals surface area contributed by atoms with Gasteiger partial charge in [-0.2, -0.15) is 8.42 Å². The van der Waals surface area contributed by atoms with E-state index in [1.165, 1.54) is 5.56 Å². The third-order valence-corrected chi connectivity index (χ3v) is 5.60. The van der Waals surface area contributed by atoms with E-state index in [9.17, 15) is 8.42 Å². The fourth-order valence-electron chi connectivity index (χ4n) is 2.79. The second-order valence-electron chi connectivity index (χ2n) is 6.32. The lowest BCUT2D eigenvalue weighted by atomic mass is 10.1. The van der Waals surface area contributed by atoms with Crippen LogP contribution in [0.5, 0.6) is 5.75 Å². The molecule has 0 aliphatic heterocycles. The van der Waals surface area contributed by atoms with Gasteiger partial charge >= 0.3 is 10.1 Å². The fourth-order valence-corrected chi connectivity index (χ4v) is 3.76. The van der Waals surface area contributed by atoms with Crippen LogP contribution in [0.15, 0.2) is 77.7 Å². The molecule has 0 heterocycles. The number of aryl methyl sites for hydroxylation is 2. The molecule has 3 aromatic carbocycles. The Morgan fingerprint density at radius 3 is 2.19 bits per heavy atom. The summed E-state index contributed by atoms with van der Waals surface area (Å²) in [6.07, 6.45) is 0.920. The molecule has 0 aliphatic carbocycles. The molecule has 0 saturated heterocycles. The normalized spacial score (nSPS) is 11.2. The maximum atomic E-state index is 12.6. The van der Waals surface area contributed by atoms with Gasteiger partial charge in [-0.1, -0.05) is 61.0 Å². The molecule has 0 saturated carbocycles. The van der Waals surface area contributed by atoms with Crippen LogP contribution in [0.3, 0.4) is 0 Å². The van der Waals surface area contributed by atoms with Gasteiger partial charge in [-0.15, -0.1) is 0 Å². The third kappa shape index (κ3) is 4.68. The van der Waals surface area contributed by atoms with Gasteiger partial charge < -0.3 is 9.50 Å². The Labute approximate surface area is 161 Å². The molecule has 0 amide bonds. The molecule has 0 aromatic heterocycles. The van der Waals surface area contributed by atoms with Crippen LogP contribution >= 0.6 is 0 Å². The summed E-state index contributed by atoms with van der Waals surface area (Å²) in [5, 5.41) is 3.38. The highest BCUT2D eigenvalue weighted by Crippen LogP contribution is 2.25. The van der Waals surface area contributed by atoms with E-state index in [1.54, 1.807) is 36.4 Å². The molecule has 4 nitrogen and oxygen atoms in total. The van der Waals surface area contributed by atoms with Gasteiger partial charge in [0, 0.05) is 17.8 Å². The molecule has 1 N–H and O–H groups in total. The number of anilines is 1. The lowest BCUT2D eigenvalue weighted by Gasteiger charge is -2.14. The largest absolute Gasteiger partial charge is 0.381 e. The molecule has 140 valence electrons. The SMILES string of the molecule is CCc1ccccc1NCc1ccccc1OS(=O)(=O)c1ccc(C)cc1. The Hall–Kier alpha value is -2.79. The van der Waals surface area contributed by atoms with Crippen molar-refractivity contribution in [2.45, 2.75) is 31.7 Å². The van der Waals surface area contributed by atoms with Crippen molar-refractivity contribution in [2.75, 3.05) is 5.32 Å². The zero-order valence-corrected chi connectivity index (χ0v) is 16.3. The van der Waals surface area contributed by atoms with Gasteiger partial charge in [-0.25, -0.2) is 0 Å². The summed E-state index contributed by atoms with van der Waals surface area (Å²) in [4.78, 5) is 0.146. The van der Waals surface area contributed by atoms with Crippen molar-refractivity contribution in [3.63, 3.8) is 0 Å². The van der Waals surface area contributed by atoms with Gasteiger partial charge in [0.1, 0.15) is 10.6 Å². The van der Waals surface area contributed by atoms with Crippen molar-refractivity contribution in [2.24, 2.45) is 0 Å². The van der Waals surface area contributed by atoms with Crippen LogP contribution in [0.25, 0.3) is 0 Å². The molecule has 27 heavy (non-hydrogen) atoms. The van der Waals surface area contributed by atoms with Crippen LogP contribution in [-0.4, -0.2) is 8.42 Å². The van der Waals surface area contributed by atoms with E-state index in [0.29, 0.717) is 12.3 Å². The van der Waals surface area contributed by atoms with E-state index in [2.05, 4.69) is 18.3 Å². The summed E-state index contributed by atoms with van der Waals surface area (Å²) in [6, 6.07) is 21.9. The summed E-state index contributed by atoms with van der Waals surface area (Å²) < 4.78 is 30.6. The Morgan fingerprint density at radius 2 is 1.48 bits per heavy atom. The summed E-state index contributed by atoms with van der Waals surface area (Å²) in [7, 11) is -3.88. The standard InChI is InChI=1S/C22H23NO3S/c1-3-18-8-4-6-10-21(18)23-16-19-9-5-7-11-22(19)26-27(24,25)20-14-12-17(2)13-15-20/h4-15,23H,3,16H2,1-2H3. The quantitative estimate of drug-likeness (QED) is 0.589. The monoisotopic (exact) mass is 381 g/mol. The first-order valence-electron chi connectivity index (χ1n) is 8.90. The maximum Gasteiger partial charge on any atom is 0.339 e. The van der Waals surface area contributed by atoms with Crippen molar-refractivity contribution < 1.29 is 12.6 Å². The summed E-state index contributed by atoms with van der Waals surface area (Å²) in [5.41, 5.74) is 4.02. The van der Waals surface area contributed by atoms with E-state index in [4.69, 9.17) is 4.18 Å². The number of rotatable bonds is 7. The average Bonchev–Trinajstić information content (AvgIpc) is 2.67. The lowest BCUT2D eigenvalue weighted by molar-refractivity contribution is 0.483. The van der Waals surface area contributed by atoms with Gasteiger partial charge in [0.15, 0.2) is 0 Å². The van der Waals surface area contributed by atoms with Crippen LogP contribution < -0.4 is 9.50 Å². The maximum absolute atomic E-state index is 12.6. The molecular weight excluding hydrogens is 358 g/mol. The molecule has 0 unspecified atom stereocenters. The van der Waals surface area contributed by atoms with Crippen LogP contribution in [-0.2, 0) is 23.1 Å². The molecule has 5 heteroatoms. The third-order valence-electron chi connectivity index (χ3n) is 4.35. The molecule has 3 aromatic rings. The Kier molecular flexibility index (Phi) is 5.81. The van der Waals surface area contributed by atoms with Crippen LogP contribution in [0.4, 0.5) is 5.69 Å². The lowest BCUT2D eigenvalue weighted by Crippen LogP contribution is -2.12. The van der Waals surface area contributed by atoms with Crippen molar-refractivity contribution in [1.82, 2.24) is 0 Å². The predicted octanol–water partition coefficient (Wildman–Crippen LogP) is 4.94. The van der Waals surface area contributed by atoms with E-state index in [-0.39, 0.29) is 4.90 Å². The molecule has 3 rings (SSSR count). The molecule has 0 fully saturated rings. The van der Waals surface area contributed by atoms with Gasteiger partial charge in [0.25, 0.3) is 0 Å². The van der Waals surface area contributed by atoms with E-state index in [1.807, 2.05) is 37.3 Å². The number of nitrogens with one attached hydrogen (secondary N) is 1. The minimum absolute atomic E-state index is 0.146. The van der Waals surface area contributed by atoms with Crippen LogP contribution in [0.1, 0.15) is 23.6 Å². The Morgan fingerprint density at radius 1 is 0.852 bits per heavy atom. The van der Waals surface area contributed by atoms with Gasteiger partial charge in [0.2, 0.25) is 0 Å². The minimum Gasteiger partial charge on any atom is -0.381 e. The number of hydrogen-bond donors (Lipinski definition) is 1. The highest BCUT2D eigenvalue weighted by molar-refractivity contribution is 7.87. The van der Waals surface area contributed by atoms with E-state index < -0.39 is 10.1 Å². The number of hydrogen-bond acceptors (Lipinski definition) is 4. The van der Waals surface area contributed by atoms with Crippen molar-refractivity contribution in [1.29, 1.82) is 0 Å². The van der Waals surface area contributed by atoms with Gasteiger partial charge in [-0.3, -0.25) is 0 Å². The Balaban J connectivity index is 1.80. The fraction of sp³-hybridized carbons (Fsp3) is 0.182. The van der Waals surface area contributed by atoms with Crippen molar-refractivity contribution >= 4 is 15.8 Å². The van der Waals surface area contributed by atoms with Gasteiger partial charge in [0.05, 0.1) is 0 Å². The molecule has 0 atom stereocenters. The van der Waals surface area contributed by atoms with Crippen LogP contribution in [0, 0.1) is 6.92 Å². The second-order valence-corrected chi connectivity index (χ2v) is 7.87. The molecule has 0 bridgehead atoms. The Bertz CT molecular complexity index is 1010. The highest BCUT2D eigenvalue weighted by atomic mass is 32.2. The molecular formula is C22H23NO3S. The van der Waals surface area contributed by atoms with E-state index >= 15 is 0 Å². The minimum atomic E-state index is -3.88. The smallest absolute Gasteiger partial charge is 0.339 e. The van der Waals surface area contributed by atoms with Crippen molar-refractivity contribution in [3.8, 4) is 5.75 Å². The number of benzene rings is 3. The summed E-state index contributed by atoms with van der Waals surface area (Å²) in [6.45, 7) is 4.48. The van der Waals surface area contributed by atoms with E-state index in [0.717, 1.165) is 23.2 Å². The first kappa shape index (κ1) is 19.0. The van der Waals surface area contributed by atoms with Crippen molar-refractivity contribution in [3.05, 3.63) is 89.5 Å². The number of para-hydroxylation sites is 2. The highest BCUT2D eigenvalue weighted by Gasteiger charge is 2.18. The second kappa shape index (κ2) is 8.27. The topological polar surface area (TPSA) is 55.4 Å². The average molecular weight is 381 g/mol. The molecule has 0 radical (unpaired) electrons. The zero-order chi connectivity index (χ0) is 19.3. The predicted molar refractivity (Wildman–Crippen MR) is 109 cm³/mol. The first-order valence-corrected chi connectivity index (χ1v) is 10.3. The first-order chi connectivity index (χ1) is 13.0. The van der Waals surface area contributed by atoms with Gasteiger partial charge in [-0.05, 0) is 43.2 Å².